The Balaban J connectivity index is 1.37. The number of hydrogen-bond donors (Lipinski definition) is 1. The largest absolute Gasteiger partial charge is 0.382 e. The summed E-state index contributed by atoms with van der Waals surface area (Å²) in [5.41, 5.74) is 3.35. The smallest absolute Gasteiger partial charge is 0.131 e. The summed E-state index contributed by atoms with van der Waals surface area (Å²) in [7, 11) is 0. The molecule has 3 nitrogen and oxygen atoms in total. The number of fused-ring (bicyclic) bond motifs is 7. The lowest BCUT2D eigenvalue weighted by molar-refractivity contribution is -0.984. The molecule has 1 aromatic heterocycles. The minimum Gasteiger partial charge on any atom is -0.382 e. The summed E-state index contributed by atoms with van der Waals surface area (Å²) >= 11 is 0. The monoisotopic (exact) mass is 485 g/mol. The summed E-state index contributed by atoms with van der Waals surface area (Å²) in [6.07, 6.45) is 5.72. The van der Waals surface area contributed by atoms with Crippen LogP contribution in [0, 0.1) is 11.8 Å². The van der Waals surface area contributed by atoms with Gasteiger partial charge in [0.25, 0.3) is 0 Å². The van der Waals surface area contributed by atoms with Crippen LogP contribution in [0.25, 0.3) is 32.4 Å². The second-order valence-corrected chi connectivity index (χ2v) is 11.2. The molecule has 37 heavy (non-hydrogen) atoms. The first-order chi connectivity index (χ1) is 18.2. The first-order valence-corrected chi connectivity index (χ1v) is 13.6. The minimum absolute atomic E-state index is 0.144. The van der Waals surface area contributed by atoms with Crippen molar-refractivity contribution in [1.82, 2.24) is 4.98 Å². The Bertz CT molecular complexity index is 1640. The number of rotatable bonds is 5. The topological polar surface area (TPSA) is 33.1 Å². The van der Waals surface area contributed by atoms with Gasteiger partial charge in [-0.05, 0) is 51.2 Å². The van der Waals surface area contributed by atoms with Gasteiger partial charge < -0.3 is 9.59 Å². The molecule has 4 heterocycles. The van der Waals surface area contributed by atoms with Crippen molar-refractivity contribution >= 4 is 32.4 Å². The molecular formula is C34H33N2O+. The van der Waals surface area contributed by atoms with E-state index < -0.39 is 6.10 Å². The molecule has 0 radical (unpaired) electrons. The average Bonchev–Trinajstić information content (AvgIpc) is 2.96. The van der Waals surface area contributed by atoms with Gasteiger partial charge >= 0.3 is 0 Å². The molecule has 0 aliphatic carbocycles. The van der Waals surface area contributed by atoms with E-state index in [4.69, 9.17) is 0 Å². The molecule has 4 unspecified atom stereocenters. The summed E-state index contributed by atoms with van der Waals surface area (Å²) in [6, 6.07) is 30.4. The number of piperidine rings is 3. The van der Waals surface area contributed by atoms with Crippen LogP contribution >= 0.6 is 0 Å². The molecule has 3 fully saturated rings. The Labute approximate surface area is 218 Å². The highest BCUT2D eigenvalue weighted by Crippen LogP contribution is 2.48. The van der Waals surface area contributed by atoms with Crippen LogP contribution in [0.1, 0.15) is 30.1 Å². The Hall–Kier alpha value is -3.53. The molecular weight excluding hydrogens is 452 g/mol. The number of quaternary nitrogens is 1. The highest BCUT2D eigenvalue weighted by Gasteiger charge is 2.54. The first kappa shape index (κ1) is 22.7. The fourth-order valence-corrected chi connectivity index (χ4v) is 7.57. The molecule has 184 valence electrons. The van der Waals surface area contributed by atoms with Crippen molar-refractivity contribution in [3.8, 4) is 0 Å². The molecule has 0 saturated carbocycles. The van der Waals surface area contributed by atoms with Crippen molar-refractivity contribution in [3.63, 3.8) is 0 Å². The van der Waals surface area contributed by atoms with Crippen LogP contribution in [0.15, 0.2) is 104 Å². The number of pyridine rings is 1. The van der Waals surface area contributed by atoms with Gasteiger partial charge in [-0.2, -0.15) is 0 Å². The van der Waals surface area contributed by atoms with E-state index in [9.17, 15) is 5.11 Å². The summed E-state index contributed by atoms with van der Waals surface area (Å²) in [5.74, 6) is 1.09. The predicted molar refractivity (Wildman–Crippen MR) is 152 cm³/mol. The number of aliphatic hydroxyl groups excluding tert-OH is 1. The van der Waals surface area contributed by atoms with Gasteiger partial charge in [0.05, 0.1) is 18.6 Å². The fourth-order valence-electron chi connectivity index (χ4n) is 7.57. The van der Waals surface area contributed by atoms with Gasteiger partial charge in [-0.25, -0.2) is 0 Å². The van der Waals surface area contributed by atoms with E-state index in [0.29, 0.717) is 11.8 Å². The number of hydrogen-bond acceptors (Lipinski definition) is 2. The molecule has 0 amide bonds. The van der Waals surface area contributed by atoms with E-state index in [1.54, 1.807) is 0 Å². The van der Waals surface area contributed by atoms with Crippen LogP contribution in [0.5, 0.6) is 0 Å². The van der Waals surface area contributed by atoms with Crippen LogP contribution < -0.4 is 0 Å². The lowest BCUT2D eigenvalue weighted by Crippen LogP contribution is -2.67. The highest BCUT2D eigenvalue weighted by atomic mass is 16.3. The van der Waals surface area contributed by atoms with Crippen LogP contribution in [0.2, 0.25) is 0 Å². The maximum absolute atomic E-state index is 12.1. The van der Waals surface area contributed by atoms with Crippen molar-refractivity contribution in [2.45, 2.75) is 31.5 Å². The average molecular weight is 486 g/mol. The zero-order chi connectivity index (χ0) is 25.0. The third-order valence-electron chi connectivity index (χ3n) is 9.38. The van der Waals surface area contributed by atoms with Crippen molar-refractivity contribution in [2.24, 2.45) is 11.8 Å². The Morgan fingerprint density at radius 3 is 2.49 bits per heavy atom. The van der Waals surface area contributed by atoms with Gasteiger partial charge in [0.1, 0.15) is 18.7 Å². The zero-order valence-electron chi connectivity index (χ0n) is 21.1. The molecule has 4 aromatic carbocycles. The standard InChI is InChI=1S/C34H33N2O/c1-2-23-21-36(22-26-19-25-9-3-4-10-27(25)29-12-6-5-11-28(26)29)18-16-24(23)20-33(36)34(37)31-15-17-35-32-14-8-7-13-30(31)32/h2-15,17,19,23-24,33-34,37H,1,16,18,20-22H2/q+1/t23?,24?,33?,34-,36?/m1/s1. The second kappa shape index (κ2) is 8.79. The van der Waals surface area contributed by atoms with E-state index in [1.165, 1.54) is 33.5 Å². The molecule has 3 aliphatic heterocycles. The Morgan fingerprint density at radius 2 is 1.65 bits per heavy atom. The molecule has 8 rings (SSSR count). The van der Waals surface area contributed by atoms with Gasteiger partial charge in [-0.15, -0.1) is 6.58 Å². The van der Waals surface area contributed by atoms with Crippen molar-refractivity contribution < 1.29 is 9.59 Å². The van der Waals surface area contributed by atoms with Crippen molar-refractivity contribution in [2.75, 3.05) is 13.1 Å². The number of benzene rings is 4. The van der Waals surface area contributed by atoms with Gasteiger partial charge in [0.2, 0.25) is 0 Å². The highest BCUT2D eigenvalue weighted by molar-refractivity contribution is 6.08. The van der Waals surface area contributed by atoms with Crippen LogP contribution in [-0.2, 0) is 6.54 Å². The van der Waals surface area contributed by atoms with Crippen LogP contribution in [0.4, 0.5) is 0 Å². The molecule has 1 N–H and O–H groups in total. The number of aromatic nitrogens is 1. The van der Waals surface area contributed by atoms with E-state index in [0.717, 1.165) is 47.0 Å². The number of nitrogens with zero attached hydrogens (tertiary/aromatic N) is 2. The molecule has 3 heteroatoms. The van der Waals surface area contributed by atoms with Crippen molar-refractivity contribution in [1.29, 1.82) is 0 Å². The predicted octanol–water partition coefficient (Wildman–Crippen LogP) is 7.19. The van der Waals surface area contributed by atoms with E-state index in [-0.39, 0.29) is 6.04 Å². The molecule has 0 spiro atoms. The molecule has 5 atom stereocenters. The zero-order valence-corrected chi connectivity index (χ0v) is 21.1. The van der Waals surface area contributed by atoms with Gasteiger partial charge in [0, 0.05) is 35.9 Å². The van der Waals surface area contributed by atoms with Crippen LogP contribution in [0.3, 0.4) is 0 Å². The SMILES string of the molecule is C=CC1C[N+]2(Cc3cc4ccccc4c4ccccc34)CCC1CC2[C@H](O)c1ccnc2ccccc12. The minimum atomic E-state index is -0.534. The van der Waals surface area contributed by atoms with Gasteiger partial charge in [0.15, 0.2) is 0 Å². The number of para-hydroxylation sites is 1. The summed E-state index contributed by atoms with van der Waals surface area (Å²) in [5, 5.41) is 18.4. The third kappa shape index (κ3) is 3.60. The maximum atomic E-state index is 12.1. The third-order valence-corrected chi connectivity index (χ3v) is 9.38. The maximum Gasteiger partial charge on any atom is 0.131 e. The van der Waals surface area contributed by atoms with Crippen LogP contribution in [-0.4, -0.2) is 33.7 Å². The molecule has 5 aromatic rings. The van der Waals surface area contributed by atoms with Gasteiger partial charge in [-0.1, -0.05) is 72.8 Å². The summed E-state index contributed by atoms with van der Waals surface area (Å²) < 4.78 is 0.910. The van der Waals surface area contributed by atoms with E-state index in [1.807, 2.05) is 30.5 Å². The first-order valence-electron chi connectivity index (χ1n) is 13.6. The van der Waals surface area contributed by atoms with E-state index >= 15 is 0 Å². The molecule has 2 bridgehead atoms. The fraction of sp³-hybridized carbons (Fsp3) is 0.265. The van der Waals surface area contributed by atoms with E-state index in [2.05, 4.69) is 78.3 Å². The molecule has 3 aliphatic rings. The summed E-state index contributed by atoms with van der Waals surface area (Å²) in [6.45, 7) is 7.28. The summed E-state index contributed by atoms with van der Waals surface area (Å²) in [4.78, 5) is 4.56. The lowest BCUT2D eigenvalue weighted by Gasteiger charge is -2.58. The lowest BCUT2D eigenvalue weighted by atomic mass is 9.71. The van der Waals surface area contributed by atoms with Gasteiger partial charge in [-0.3, -0.25) is 4.98 Å². The number of aliphatic hydroxyl groups is 1. The Morgan fingerprint density at radius 1 is 0.919 bits per heavy atom. The molecule has 3 saturated heterocycles. The quantitative estimate of drug-likeness (QED) is 0.162. The normalized spacial score (nSPS) is 26.0. The van der Waals surface area contributed by atoms with Crippen molar-refractivity contribution in [3.05, 3.63) is 115 Å². The Kier molecular flexibility index (Phi) is 5.38. The second-order valence-electron chi connectivity index (χ2n) is 11.2.